The Bertz CT molecular complexity index is 450. The van der Waals surface area contributed by atoms with Gasteiger partial charge in [0.2, 0.25) is 0 Å². The average Bonchev–Trinajstić information content (AvgIpc) is 2.49. The van der Waals surface area contributed by atoms with Gasteiger partial charge >= 0.3 is 0 Å². The zero-order chi connectivity index (χ0) is 16.4. The monoisotopic (exact) mass is 319 g/mol. The van der Waals surface area contributed by atoms with Gasteiger partial charge < -0.3 is 9.16 Å². The van der Waals surface area contributed by atoms with E-state index in [1.54, 1.807) is 0 Å². The summed E-state index contributed by atoms with van der Waals surface area (Å²) in [6, 6.07) is 12.4. The molecule has 1 aromatic rings. The van der Waals surface area contributed by atoms with Gasteiger partial charge in [0.15, 0.2) is 14.4 Å². The van der Waals surface area contributed by atoms with Crippen molar-refractivity contribution in [3.63, 3.8) is 0 Å². The number of ether oxygens (including phenoxy) is 1. The van der Waals surface area contributed by atoms with Gasteiger partial charge in [-0.3, -0.25) is 0 Å². The molecule has 0 radical (unpaired) electrons. The second-order valence-corrected chi connectivity index (χ2v) is 11.1. The van der Waals surface area contributed by atoms with Crippen LogP contribution in [-0.2, 0) is 15.8 Å². The number of nitrogens with zero attached hydrogens (tertiary/aromatic N) is 1. The minimum absolute atomic E-state index is 0.150. The van der Waals surface area contributed by atoms with Crippen LogP contribution < -0.4 is 0 Å². The molecule has 0 amide bonds. The van der Waals surface area contributed by atoms with Crippen molar-refractivity contribution in [3.05, 3.63) is 35.9 Å². The van der Waals surface area contributed by atoms with Gasteiger partial charge in [-0.25, -0.2) is 0 Å². The summed E-state index contributed by atoms with van der Waals surface area (Å²) in [7, 11) is -1.76. The van der Waals surface area contributed by atoms with Crippen LogP contribution >= 0.6 is 0 Å². The lowest BCUT2D eigenvalue weighted by atomic mass is 10.1. The summed E-state index contributed by atoms with van der Waals surface area (Å²) >= 11 is 0. The van der Waals surface area contributed by atoms with E-state index in [-0.39, 0.29) is 6.10 Å². The summed E-state index contributed by atoms with van der Waals surface area (Å²) in [4.78, 5) is 0. The Morgan fingerprint density at radius 3 is 2.36 bits per heavy atom. The minimum atomic E-state index is -1.76. The van der Waals surface area contributed by atoms with Gasteiger partial charge in [0.1, 0.15) is 0 Å². The summed E-state index contributed by atoms with van der Waals surface area (Å²) in [5.41, 5.74) is 1.13. The molecule has 1 aromatic carbocycles. The third-order valence-electron chi connectivity index (χ3n) is 3.34. The molecule has 0 N–H and O–H groups in total. The van der Waals surface area contributed by atoms with E-state index in [1.165, 1.54) is 0 Å². The molecule has 22 heavy (non-hydrogen) atoms. The van der Waals surface area contributed by atoms with Crippen molar-refractivity contribution < 1.29 is 9.16 Å². The molecule has 0 aliphatic heterocycles. The molecule has 0 aliphatic carbocycles. The lowest BCUT2D eigenvalue weighted by molar-refractivity contribution is -0.0230. The van der Waals surface area contributed by atoms with Crippen LogP contribution in [-0.4, -0.2) is 20.5 Å². The van der Waals surface area contributed by atoms with E-state index < -0.39 is 14.4 Å². The third kappa shape index (κ3) is 7.74. The third-order valence-corrected chi connectivity index (χ3v) is 4.31. The van der Waals surface area contributed by atoms with E-state index in [4.69, 9.17) is 9.16 Å². The lowest BCUT2D eigenvalue weighted by Crippen LogP contribution is -2.39. The number of hydrogen-bond acceptors (Lipinski definition) is 3. The van der Waals surface area contributed by atoms with Crippen LogP contribution in [0.15, 0.2) is 30.3 Å². The van der Waals surface area contributed by atoms with Crippen molar-refractivity contribution in [1.82, 2.24) is 0 Å². The molecule has 1 rings (SSSR count). The fourth-order valence-electron chi connectivity index (χ4n) is 2.26. The normalized spacial score (nSPS) is 14.3. The molecule has 0 aliphatic rings. The van der Waals surface area contributed by atoms with Crippen molar-refractivity contribution in [2.75, 3.05) is 0 Å². The van der Waals surface area contributed by atoms with Crippen molar-refractivity contribution in [1.29, 1.82) is 5.26 Å². The number of unbranched alkanes of at least 4 members (excludes halogenated alkanes) is 2. The Balaban J connectivity index is 2.66. The molecule has 0 saturated heterocycles. The smallest absolute Gasteiger partial charge is 0.185 e. The van der Waals surface area contributed by atoms with Gasteiger partial charge in [-0.2, -0.15) is 5.26 Å². The van der Waals surface area contributed by atoms with E-state index in [0.29, 0.717) is 6.61 Å². The Morgan fingerprint density at radius 1 is 1.14 bits per heavy atom. The molecular weight excluding hydrogens is 290 g/mol. The Morgan fingerprint density at radius 2 is 1.82 bits per heavy atom. The van der Waals surface area contributed by atoms with Crippen LogP contribution in [0.3, 0.4) is 0 Å². The van der Waals surface area contributed by atoms with E-state index in [0.717, 1.165) is 31.2 Å². The molecule has 0 saturated carbocycles. The van der Waals surface area contributed by atoms with E-state index in [9.17, 15) is 5.26 Å². The molecule has 4 heteroatoms. The second-order valence-electron chi connectivity index (χ2n) is 6.61. The van der Waals surface area contributed by atoms with Crippen LogP contribution in [0.2, 0.25) is 19.6 Å². The predicted molar refractivity (Wildman–Crippen MR) is 93.0 cm³/mol. The zero-order valence-electron chi connectivity index (χ0n) is 14.3. The molecule has 0 heterocycles. The summed E-state index contributed by atoms with van der Waals surface area (Å²) < 4.78 is 12.1. The Hall–Kier alpha value is -1.15. The molecular formula is C18H29NO2Si. The van der Waals surface area contributed by atoms with E-state index in [1.807, 2.05) is 30.3 Å². The van der Waals surface area contributed by atoms with Crippen LogP contribution in [0, 0.1) is 11.3 Å². The lowest BCUT2D eigenvalue weighted by Gasteiger charge is -2.28. The largest absolute Gasteiger partial charge is 0.400 e. The second kappa shape index (κ2) is 9.78. The van der Waals surface area contributed by atoms with Crippen molar-refractivity contribution in [2.45, 2.75) is 71.1 Å². The standard InChI is InChI=1S/C18H29NO2Si/c1-5-6-8-13-17(18(14-19)21-22(2,3)4)20-15-16-11-9-7-10-12-16/h7,9-12,17-18H,5-6,8,13,15H2,1-4H3/t17-,18+/m1/s1. The first-order chi connectivity index (χ1) is 10.5. The van der Waals surface area contributed by atoms with E-state index >= 15 is 0 Å². The molecule has 0 bridgehead atoms. The molecule has 2 atom stereocenters. The average molecular weight is 320 g/mol. The first-order valence-corrected chi connectivity index (χ1v) is 11.6. The number of hydrogen-bond donors (Lipinski definition) is 0. The number of nitriles is 1. The fourth-order valence-corrected chi connectivity index (χ4v) is 3.23. The van der Waals surface area contributed by atoms with Gasteiger partial charge in [0, 0.05) is 0 Å². The predicted octanol–water partition coefficient (Wildman–Crippen LogP) is 4.90. The van der Waals surface area contributed by atoms with Crippen molar-refractivity contribution in [2.24, 2.45) is 0 Å². The first-order valence-electron chi connectivity index (χ1n) is 8.19. The maximum atomic E-state index is 9.48. The quantitative estimate of drug-likeness (QED) is 0.455. The highest BCUT2D eigenvalue weighted by Crippen LogP contribution is 2.19. The molecule has 0 unspecified atom stereocenters. The Kier molecular flexibility index (Phi) is 8.40. The number of benzene rings is 1. The van der Waals surface area contributed by atoms with Gasteiger partial charge in [-0.1, -0.05) is 56.5 Å². The molecule has 0 spiro atoms. The first kappa shape index (κ1) is 18.9. The summed E-state index contributed by atoms with van der Waals surface area (Å²) in [5, 5.41) is 9.48. The van der Waals surface area contributed by atoms with Crippen molar-refractivity contribution in [3.8, 4) is 6.07 Å². The topological polar surface area (TPSA) is 42.2 Å². The highest BCUT2D eigenvalue weighted by molar-refractivity contribution is 6.69. The highest BCUT2D eigenvalue weighted by atomic mass is 28.4. The molecule has 122 valence electrons. The molecule has 0 fully saturated rings. The zero-order valence-corrected chi connectivity index (χ0v) is 15.3. The van der Waals surface area contributed by atoms with Crippen LogP contribution in [0.4, 0.5) is 0 Å². The highest BCUT2D eigenvalue weighted by Gasteiger charge is 2.28. The SMILES string of the molecule is CCCCC[C@@H](OCc1ccccc1)[C@H](C#N)O[Si](C)(C)C. The van der Waals surface area contributed by atoms with Crippen molar-refractivity contribution >= 4 is 8.32 Å². The fraction of sp³-hybridized carbons (Fsp3) is 0.611. The number of rotatable bonds is 10. The maximum Gasteiger partial charge on any atom is 0.185 e. The van der Waals surface area contributed by atoms with Gasteiger partial charge in [-0.05, 0) is 31.6 Å². The van der Waals surface area contributed by atoms with Crippen LogP contribution in [0.5, 0.6) is 0 Å². The van der Waals surface area contributed by atoms with Crippen LogP contribution in [0.1, 0.15) is 38.2 Å². The summed E-state index contributed by atoms with van der Waals surface area (Å²) in [6.07, 6.45) is 3.66. The van der Waals surface area contributed by atoms with Gasteiger partial charge in [0.05, 0.1) is 18.8 Å². The maximum absolute atomic E-state index is 9.48. The van der Waals surface area contributed by atoms with Gasteiger partial charge in [0.25, 0.3) is 0 Å². The summed E-state index contributed by atoms with van der Waals surface area (Å²) in [6.45, 7) is 9.04. The Labute approximate surface area is 136 Å². The molecule has 3 nitrogen and oxygen atoms in total. The van der Waals surface area contributed by atoms with E-state index in [2.05, 4.69) is 32.6 Å². The molecule has 0 aromatic heterocycles. The summed E-state index contributed by atoms with van der Waals surface area (Å²) in [5.74, 6) is 0. The van der Waals surface area contributed by atoms with Gasteiger partial charge in [-0.15, -0.1) is 0 Å². The van der Waals surface area contributed by atoms with Crippen LogP contribution in [0.25, 0.3) is 0 Å². The minimum Gasteiger partial charge on any atom is -0.400 e.